The van der Waals surface area contributed by atoms with Crippen LogP contribution in [0.2, 0.25) is 0 Å². The Morgan fingerprint density at radius 1 is 1.44 bits per heavy atom. The molecule has 18 heavy (non-hydrogen) atoms. The van der Waals surface area contributed by atoms with Crippen LogP contribution in [0, 0.1) is 17.2 Å². The van der Waals surface area contributed by atoms with Crippen molar-refractivity contribution in [1.29, 1.82) is 5.26 Å². The minimum Gasteiger partial charge on any atom is -0.383 e. The van der Waals surface area contributed by atoms with Crippen LogP contribution < -0.4 is 16.0 Å². The third-order valence-corrected chi connectivity index (χ3v) is 3.04. The maximum absolute atomic E-state index is 9.25. The van der Waals surface area contributed by atoms with E-state index in [2.05, 4.69) is 35.2 Å². The van der Waals surface area contributed by atoms with E-state index in [0.717, 1.165) is 38.5 Å². The Bertz CT molecular complexity index is 450. The molecule has 1 saturated heterocycles. The summed E-state index contributed by atoms with van der Waals surface area (Å²) in [6.45, 7) is 8.53. The Morgan fingerprint density at radius 2 is 2.11 bits per heavy atom. The first-order valence-electron chi connectivity index (χ1n) is 6.35. The van der Waals surface area contributed by atoms with Crippen molar-refractivity contribution in [3.8, 4) is 6.07 Å². The molecule has 1 fully saturated rings. The van der Waals surface area contributed by atoms with E-state index in [-0.39, 0.29) is 0 Å². The van der Waals surface area contributed by atoms with Crippen LogP contribution in [0.3, 0.4) is 0 Å². The molecule has 1 aromatic rings. The van der Waals surface area contributed by atoms with Gasteiger partial charge >= 0.3 is 0 Å². The lowest BCUT2D eigenvalue weighted by Crippen LogP contribution is -2.44. The molecule has 0 radical (unpaired) electrons. The highest BCUT2D eigenvalue weighted by molar-refractivity contribution is 5.65. The highest BCUT2D eigenvalue weighted by atomic mass is 15.4. The normalized spacial score (nSPS) is 16.0. The van der Waals surface area contributed by atoms with Gasteiger partial charge in [0.25, 0.3) is 0 Å². The quantitative estimate of drug-likeness (QED) is 0.809. The number of nitrogen functional groups attached to an aromatic ring is 1. The van der Waals surface area contributed by atoms with E-state index < -0.39 is 0 Å². The van der Waals surface area contributed by atoms with E-state index in [1.54, 1.807) is 4.68 Å². The summed E-state index contributed by atoms with van der Waals surface area (Å²) in [6, 6.07) is 2.18. The number of nitriles is 1. The molecule has 0 amide bonds. The molecule has 2 heterocycles. The number of rotatable bonds is 3. The highest BCUT2D eigenvalue weighted by Gasteiger charge is 2.22. The van der Waals surface area contributed by atoms with Crippen molar-refractivity contribution >= 4 is 11.6 Å². The Hall–Kier alpha value is -1.74. The molecule has 0 spiro atoms. The summed E-state index contributed by atoms with van der Waals surface area (Å²) in [5, 5.41) is 17.0. The molecule has 2 rings (SSSR count). The van der Waals surface area contributed by atoms with Crippen molar-refractivity contribution in [2.75, 3.05) is 36.8 Å². The largest absolute Gasteiger partial charge is 0.383 e. The van der Waals surface area contributed by atoms with Crippen LogP contribution in [0.15, 0.2) is 0 Å². The molecule has 1 aliphatic heterocycles. The van der Waals surface area contributed by atoms with E-state index in [4.69, 9.17) is 5.73 Å². The summed E-state index contributed by atoms with van der Waals surface area (Å²) in [5.41, 5.74) is 6.52. The lowest BCUT2D eigenvalue weighted by Gasteiger charge is -2.27. The van der Waals surface area contributed by atoms with Gasteiger partial charge in [-0.15, -0.1) is 0 Å². The fourth-order valence-corrected chi connectivity index (χ4v) is 2.15. The standard InChI is InChI=1S/C12H20N6/c1-9(2)8-18-11(14)10(7-13)12(16-18)17-5-3-15-4-6-17/h9,15H,3-6,8,14H2,1-2H3. The van der Waals surface area contributed by atoms with Crippen LogP contribution >= 0.6 is 0 Å². The average Bonchev–Trinajstić information content (AvgIpc) is 2.67. The maximum atomic E-state index is 9.25. The van der Waals surface area contributed by atoms with Crippen molar-refractivity contribution in [3.63, 3.8) is 0 Å². The summed E-state index contributed by atoms with van der Waals surface area (Å²) in [4.78, 5) is 2.13. The van der Waals surface area contributed by atoms with Gasteiger partial charge in [-0.05, 0) is 5.92 Å². The van der Waals surface area contributed by atoms with Crippen LogP contribution in [0.5, 0.6) is 0 Å². The molecule has 1 aliphatic rings. The molecule has 6 heteroatoms. The summed E-state index contributed by atoms with van der Waals surface area (Å²) in [5.74, 6) is 1.67. The minimum absolute atomic E-state index is 0.453. The first-order valence-corrected chi connectivity index (χ1v) is 6.35. The van der Waals surface area contributed by atoms with E-state index in [0.29, 0.717) is 17.3 Å². The number of nitrogens with zero attached hydrogens (tertiary/aromatic N) is 4. The van der Waals surface area contributed by atoms with Crippen LogP contribution in [0.25, 0.3) is 0 Å². The van der Waals surface area contributed by atoms with E-state index in [1.165, 1.54) is 0 Å². The molecule has 3 N–H and O–H groups in total. The molecule has 0 bridgehead atoms. The second kappa shape index (κ2) is 5.27. The zero-order valence-electron chi connectivity index (χ0n) is 11.0. The number of hydrogen-bond acceptors (Lipinski definition) is 5. The van der Waals surface area contributed by atoms with E-state index >= 15 is 0 Å². The lowest BCUT2D eigenvalue weighted by molar-refractivity contribution is 0.485. The fraction of sp³-hybridized carbons (Fsp3) is 0.667. The molecular weight excluding hydrogens is 228 g/mol. The van der Waals surface area contributed by atoms with Crippen LogP contribution in [-0.2, 0) is 6.54 Å². The molecule has 0 unspecified atom stereocenters. The number of hydrogen-bond donors (Lipinski definition) is 2. The second-order valence-electron chi connectivity index (χ2n) is 5.01. The Labute approximate surface area is 107 Å². The predicted molar refractivity (Wildman–Crippen MR) is 71.3 cm³/mol. The molecular formula is C12H20N6. The maximum Gasteiger partial charge on any atom is 0.171 e. The molecule has 0 saturated carbocycles. The minimum atomic E-state index is 0.453. The number of aromatic nitrogens is 2. The monoisotopic (exact) mass is 248 g/mol. The zero-order chi connectivity index (χ0) is 13.1. The van der Waals surface area contributed by atoms with Gasteiger partial charge in [-0.3, -0.25) is 0 Å². The number of nitrogens with one attached hydrogen (secondary N) is 1. The third-order valence-electron chi connectivity index (χ3n) is 3.04. The van der Waals surface area contributed by atoms with Crippen LogP contribution in [0.1, 0.15) is 19.4 Å². The smallest absolute Gasteiger partial charge is 0.171 e. The van der Waals surface area contributed by atoms with Crippen LogP contribution in [-0.4, -0.2) is 36.0 Å². The zero-order valence-corrected chi connectivity index (χ0v) is 11.0. The Kier molecular flexibility index (Phi) is 3.72. The van der Waals surface area contributed by atoms with Crippen molar-refractivity contribution in [2.24, 2.45) is 5.92 Å². The third kappa shape index (κ3) is 2.41. The van der Waals surface area contributed by atoms with Crippen molar-refractivity contribution in [1.82, 2.24) is 15.1 Å². The first-order chi connectivity index (χ1) is 8.63. The highest BCUT2D eigenvalue weighted by Crippen LogP contribution is 2.25. The van der Waals surface area contributed by atoms with Gasteiger partial charge < -0.3 is 16.0 Å². The Balaban J connectivity index is 2.31. The fourth-order valence-electron chi connectivity index (χ4n) is 2.15. The first kappa shape index (κ1) is 12.7. The van der Waals surface area contributed by atoms with Gasteiger partial charge in [0.15, 0.2) is 5.82 Å². The molecule has 6 nitrogen and oxygen atoms in total. The molecule has 1 aromatic heterocycles. The number of anilines is 2. The van der Waals surface area contributed by atoms with Crippen molar-refractivity contribution < 1.29 is 0 Å². The average molecular weight is 248 g/mol. The van der Waals surface area contributed by atoms with E-state index in [9.17, 15) is 5.26 Å². The van der Waals surface area contributed by atoms with Gasteiger partial charge in [0.2, 0.25) is 0 Å². The van der Waals surface area contributed by atoms with Gasteiger partial charge in [0, 0.05) is 32.7 Å². The Morgan fingerprint density at radius 3 is 2.67 bits per heavy atom. The summed E-state index contributed by atoms with van der Waals surface area (Å²) in [6.07, 6.45) is 0. The van der Waals surface area contributed by atoms with Gasteiger partial charge in [0.1, 0.15) is 17.5 Å². The molecule has 98 valence electrons. The SMILES string of the molecule is CC(C)Cn1nc(N2CCNCC2)c(C#N)c1N. The topological polar surface area (TPSA) is 82.9 Å². The van der Waals surface area contributed by atoms with E-state index in [1.807, 2.05) is 0 Å². The van der Waals surface area contributed by atoms with Crippen LogP contribution in [0.4, 0.5) is 11.6 Å². The summed E-state index contributed by atoms with van der Waals surface area (Å²) in [7, 11) is 0. The van der Waals surface area contributed by atoms with Gasteiger partial charge in [-0.2, -0.15) is 10.4 Å². The summed E-state index contributed by atoms with van der Waals surface area (Å²) >= 11 is 0. The van der Waals surface area contributed by atoms with Gasteiger partial charge in [-0.25, -0.2) is 4.68 Å². The molecule has 0 aliphatic carbocycles. The predicted octanol–water partition coefficient (Wildman–Crippen LogP) is 0.403. The number of piperazine rings is 1. The molecule has 0 atom stereocenters. The van der Waals surface area contributed by atoms with Gasteiger partial charge in [-0.1, -0.05) is 13.8 Å². The summed E-state index contributed by atoms with van der Waals surface area (Å²) < 4.78 is 1.75. The molecule has 0 aromatic carbocycles. The second-order valence-corrected chi connectivity index (χ2v) is 5.01. The van der Waals surface area contributed by atoms with Gasteiger partial charge in [0.05, 0.1) is 0 Å². The lowest BCUT2D eigenvalue weighted by atomic mass is 10.2. The van der Waals surface area contributed by atoms with Crippen molar-refractivity contribution in [3.05, 3.63) is 5.56 Å². The van der Waals surface area contributed by atoms with Crippen molar-refractivity contribution in [2.45, 2.75) is 20.4 Å². The number of nitrogens with two attached hydrogens (primary N) is 1.